The summed E-state index contributed by atoms with van der Waals surface area (Å²) in [6.45, 7) is 3.68. The largest absolute Gasteiger partial charge is 0.126 e. The lowest BCUT2D eigenvalue weighted by molar-refractivity contribution is 1.64. The third-order valence-corrected chi connectivity index (χ3v) is 2.44. The van der Waals surface area contributed by atoms with Crippen molar-refractivity contribution in [3.05, 3.63) is 11.9 Å². The molecule has 0 saturated heterocycles. The van der Waals surface area contributed by atoms with Crippen molar-refractivity contribution < 1.29 is 0 Å². The Morgan fingerprint density at radius 1 is 1.50 bits per heavy atom. The van der Waals surface area contributed by atoms with Crippen molar-refractivity contribution in [3.63, 3.8) is 0 Å². The van der Waals surface area contributed by atoms with E-state index >= 15 is 0 Å². The first-order valence-electron chi connectivity index (χ1n) is 1.60. The van der Waals surface area contributed by atoms with Gasteiger partial charge >= 0.3 is 0 Å². The molecular weight excluding hydrogens is 129 g/mol. The van der Waals surface area contributed by atoms with Crippen LogP contribution < -0.4 is 0 Å². The van der Waals surface area contributed by atoms with Gasteiger partial charge in [0.25, 0.3) is 0 Å². The maximum atomic E-state index is 3.68. The lowest BCUT2D eigenvalue weighted by Gasteiger charge is -1.97. The minimum absolute atomic E-state index is 0.454. The summed E-state index contributed by atoms with van der Waals surface area (Å²) in [4.78, 5) is 0. The fraction of sp³-hybridized carbons (Fsp3) is 0.333. The minimum atomic E-state index is 0.454. The molecule has 0 aliphatic rings. The second-order valence-corrected chi connectivity index (χ2v) is 4.05. The molecule has 3 atom stereocenters. The topological polar surface area (TPSA) is 0 Å². The van der Waals surface area contributed by atoms with E-state index in [4.69, 9.17) is 0 Å². The predicted octanol–water partition coefficient (Wildman–Crippen LogP) is 1.45. The van der Waals surface area contributed by atoms with Crippen LogP contribution in [0.5, 0.6) is 0 Å². The highest BCUT2D eigenvalue weighted by molar-refractivity contribution is 7.41. The van der Waals surface area contributed by atoms with Crippen LogP contribution >= 0.6 is 27.7 Å². The molecule has 0 saturated carbocycles. The zero-order valence-electron chi connectivity index (χ0n) is 3.52. The Morgan fingerprint density at radius 3 is 1.67 bits per heavy atom. The van der Waals surface area contributed by atoms with Crippen LogP contribution in [0, 0.1) is 0 Å². The summed E-state index contributed by atoms with van der Waals surface area (Å²) < 4.78 is 0. The van der Waals surface area contributed by atoms with Crippen LogP contribution in [0.3, 0.4) is 0 Å². The molecule has 3 heteroatoms. The summed E-state index contributed by atoms with van der Waals surface area (Å²) in [6.07, 6.45) is 0. The monoisotopic (exact) mass is 138 g/mol. The highest BCUT2D eigenvalue weighted by atomic mass is 31.1. The first-order chi connectivity index (χ1) is 2.64. The Kier molecular flexibility index (Phi) is 3.62. The van der Waals surface area contributed by atoms with Crippen LogP contribution in [0.15, 0.2) is 11.9 Å². The van der Waals surface area contributed by atoms with Gasteiger partial charge in [0, 0.05) is 5.40 Å². The van der Waals surface area contributed by atoms with Gasteiger partial charge in [0.2, 0.25) is 0 Å². The molecule has 0 aromatic rings. The number of hydrogen-bond donors (Lipinski definition) is 0. The standard InChI is InChI=1S/C3H9P3/c1-2(4)3(5)6/h3H,1,4-6H2. The van der Waals surface area contributed by atoms with Crippen LogP contribution in [0.2, 0.25) is 0 Å². The summed E-state index contributed by atoms with van der Waals surface area (Å²) in [5, 5.41) is 1.56. The zero-order chi connectivity index (χ0) is 5.15. The van der Waals surface area contributed by atoms with Gasteiger partial charge in [0.1, 0.15) is 0 Å². The van der Waals surface area contributed by atoms with Crippen LogP contribution in [0.4, 0.5) is 0 Å². The first kappa shape index (κ1) is 7.03. The molecule has 0 aliphatic heterocycles. The van der Waals surface area contributed by atoms with E-state index in [9.17, 15) is 0 Å². The van der Waals surface area contributed by atoms with Crippen molar-refractivity contribution in [2.24, 2.45) is 0 Å². The van der Waals surface area contributed by atoms with Crippen LogP contribution in [0.1, 0.15) is 0 Å². The molecule has 0 aromatic carbocycles. The third-order valence-electron chi connectivity index (χ3n) is 0.428. The molecule has 0 amide bonds. The molecule has 0 rings (SSSR count). The van der Waals surface area contributed by atoms with E-state index in [0.717, 1.165) is 5.31 Å². The van der Waals surface area contributed by atoms with Gasteiger partial charge in [-0.05, 0) is 5.31 Å². The van der Waals surface area contributed by atoms with Crippen molar-refractivity contribution in [1.82, 2.24) is 0 Å². The molecule has 0 N–H and O–H groups in total. The van der Waals surface area contributed by atoms with Gasteiger partial charge in [-0.3, -0.25) is 0 Å². The molecule has 0 fully saturated rings. The summed E-state index contributed by atoms with van der Waals surface area (Å²) in [5.41, 5.74) is 0. The van der Waals surface area contributed by atoms with Crippen LogP contribution in [-0.2, 0) is 0 Å². The normalized spacial score (nSPS) is 9.33. The van der Waals surface area contributed by atoms with Crippen molar-refractivity contribution in [3.8, 4) is 0 Å². The quantitative estimate of drug-likeness (QED) is 0.481. The predicted molar refractivity (Wildman–Crippen MR) is 42.1 cm³/mol. The molecule has 0 spiro atoms. The molecule has 0 aromatic heterocycles. The summed E-state index contributed by atoms with van der Waals surface area (Å²) in [7, 11) is 7.77. The molecule has 0 heterocycles. The lowest BCUT2D eigenvalue weighted by atomic mass is 10.7. The van der Waals surface area contributed by atoms with Gasteiger partial charge in [-0.2, -0.15) is 0 Å². The maximum absolute atomic E-state index is 3.68. The van der Waals surface area contributed by atoms with Crippen molar-refractivity contribution in [2.45, 2.75) is 5.40 Å². The van der Waals surface area contributed by atoms with Gasteiger partial charge in [-0.15, -0.1) is 27.7 Å². The lowest BCUT2D eigenvalue weighted by Crippen LogP contribution is -1.76. The minimum Gasteiger partial charge on any atom is -0.126 e. The Labute approximate surface area is 45.8 Å². The molecule has 0 nitrogen and oxygen atoms in total. The van der Waals surface area contributed by atoms with E-state index in [-0.39, 0.29) is 0 Å². The summed E-state index contributed by atoms with van der Waals surface area (Å²) >= 11 is 0. The molecule has 3 unspecified atom stereocenters. The Balaban J connectivity index is 3.26. The highest BCUT2D eigenvalue weighted by Gasteiger charge is 1.87. The maximum Gasteiger partial charge on any atom is 0.0122 e. The Bertz CT molecular complexity index is 57.1. The molecule has 0 aliphatic carbocycles. The van der Waals surface area contributed by atoms with E-state index in [1.54, 1.807) is 0 Å². The SMILES string of the molecule is C=C(P)C(P)P. The van der Waals surface area contributed by atoms with Gasteiger partial charge in [0.15, 0.2) is 0 Å². The van der Waals surface area contributed by atoms with E-state index in [2.05, 4.69) is 34.3 Å². The van der Waals surface area contributed by atoms with Crippen LogP contribution in [0.25, 0.3) is 0 Å². The highest BCUT2D eigenvalue weighted by Crippen LogP contribution is 2.21. The number of allylic oxidation sites excluding steroid dienone is 1. The van der Waals surface area contributed by atoms with Gasteiger partial charge < -0.3 is 0 Å². The van der Waals surface area contributed by atoms with E-state index in [0.29, 0.717) is 5.40 Å². The van der Waals surface area contributed by atoms with E-state index in [1.165, 1.54) is 0 Å². The Hall–Kier alpha value is 1.03. The molecule has 0 bridgehead atoms. The molecule has 0 radical (unpaired) electrons. The molecule has 36 valence electrons. The van der Waals surface area contributed by atoms with E-state index in [1.807, 2.05) is 0 Å². The first-order valence-corrected chi connectivity index (χ1v) is 3.51. The zero-order valence-corrected chi connectivity index (χ0v) is 6.98. The van der Waals surface area contributed by atoms with Crippen molar-refractivity contribution in [2.75, 3.05) is 0 Å². The van der Waals surface area contributed by atoms with Gasteiger partial charge in [0.05, 0.1) is 0 Å². The van der Waals surface area contributed by atoms with Gasteiger partial charge in [-0.1, -0.05) is 6.58 Å². The molecule has 6 heavy (non-hydrogen) atoms. The smallest absolute Gasteiger partial charge is 0.0122 e. The second-order valence-electron chi connectivity index (χ2n) is 1.10. The van der Waals surface area contributed by atoms with Crippen molar-refractivity contribution >= 4 is 27.7 Å². The van der Waals surface area contributed by atoms with Crippen molar-refractivity contribution in [1.29, 1.82) is 0 Å². The second kappa shape index (κ2) is 3.09. The summed E-state index contributed by atoms with van der Waals surface area (Å²) in [6, 6.07) is 0. The fourth-order valence-corrected chi connectivity index (χ4v) is 0. The molecular formula is C3H9P3. The average Bonchev–Trinajstić information content (AvgIpc) is 1.36. The number of hydrogen-bond acceptors (Lipinski definition) is 0. The average molecular weight is 138 g/mol. The fourth-order valence-electron chi connectivity index (χ4n) is 0. The summed E-state index contributed by atoms with van der Waals surface area (Å²) in [5.74, 6) is 0. The Morgan fingerprint density at radius 2 is 1.67 bits per heavy atom. The number of rotatable bonds is 1. The third kappa shape index (κ3) is 3.23. The van der Waals surface area contributed by atoms with Crippen LogP contribution in [-0.4, -0.2) is 5.40 Å². The van der Waals surface area contributed by atoms with E-state index < -0.39 is 0 Å². The van der Waals surface area contributed by atoms with Gasteiger partial charge in [-0.25, -0.2) is 0 Å².